The molecular weight excluding hydrogens is 238 g/mol. The van der Waals surface area contributed by atoms with Crippen molar-refractivity contribution >= 4 is 11.9 Å². The number of aliphatic carboxylic acids is 2. The van der Waals surface area contributed by atoms with Crippen molar-refractivity contribution in [2.75, 3.05) is 0 Å². The van der Waals surface area contributed by atoms with Crippen LogP contribution in [0.2, 0.25) is 0 Å². The number of nitrogens with two attached hydrogens (primary N) is 1. The molecular formula is C12H13NO5. The van der Waals surface area contributed by atoms with Crippen LogP contribution in [-0.2, 0) is 16.0 Å². The third kappa shape index (κ3) is 2.02. The van der Waals surface area contributed by atoms with Gasteiger partial charge in [0, 0.05) is 12.8 Å². The monoisotopic (exact) mass is 251 g/mol. The molecule has 1 aliphatic rings. The molecule has 2 atom stereocenters. The lowest BCUT2D eigenvalue weighted by atomic mass is 9.90. The van der Waals surface area contributed by atoms with Crippen molar-refractivity contribution < 1.29 is 24.5 Å². The lowest BCUT2D eigenvalue weighted by Crippen LogP contribution is -2.50. The van der Waals surface area contributed by atoms with Crippen LogP contribution in [0.3, 0.4) is 0 Å². The van der Waals surface area contributed by atoms with Gasteiger partial charge in [-0.1, -0.05) is 18.2 Å². The largest absolute Gasteiger partial charge is 0.480 e. The highest BCUT2D eigenvalue weighted by Crippen LogP contribution is 2.37. The van der Waals surface area contributed by atoms with Crippen LogP contribution in [0.1, 0.15) is 12.0 Å². The van der Waals surface area contributed by atoms with E-state index in [1.165, 1.54) is 0 Å². The van der Waals surface area contributed by atoms with Gasteiger partial charge in [-0.05, 0) is 11.6 Å². The van der Waals surface area contributed by atoms with E-state index in [4.69, 9.17) is 15.6 Å². The van der Waals surface area contributed by atoms with Gasteiger partial charge in [-0.3, -0.25) is 4.79 Å². The fourth-order valence-electron chi connectivity index (χ4n) is 2.07. The zero-order valence-corrected chi connectivity index (χ0v) is 9.50. The molecule has 1 aromatic carbocycles. The van der Waals surface area contributed by atoms with E-state index < -0.39 is 23.6 Å². The molecule has 0 aliphatic carbocycles. The fraction of sp³-hybridized carbons (Fsp3) is 0.333. The van der Waals surface area contributed by atoms with Gasteiger partial charge in [0.1, 0.15) is 11.8 Å². The number of carbonyl (C=O) groups is 2. The number of fused-ring (bicyclic) bond motifs is 1. The fourth-order valence-corrected chi connectivity index (χ4v) is 2.07. The van der Waals surface area contributed by atoms with Crippen LogP contribution in [0.5, 0.6) is 5.75 Å². The van der Waals surface area contributed by atoms with Gasteiger partial charge >= 0.3 is 11.9 Å². The van der Waals surface area contributed by atoms with Crippen LogP contribution in [0.4, 0.5) is 0 Å². The third-order valence-electron chi connectivity index (χ3n) is 3.01. The Morgan fingerprint density at radius 2 is 2.06 bits per heavy atom. The number of rotatable bonds is 4. The van der Waals surface area contributed by atoms with Gasteiger partial charge in [-0.2, -0.15) is 0 Å². The summed E-state index contributed by atoms with van der Waals surface area (Å²) < 4.78 is 5.43. The Hall–Kier alpha value is -2.08. The first-order chi connectivity index (χ1) is 8.44. The molecule has 2 rings (SSSR count). The number of benzene rings is 1. The summed E-state index contributed by atoms with van der Waals surface area (Å²) in [5.74, 6) is -1.97. The van der Waals surface area contributed by atoms with E-state index in [1.54, 1.807) is 24.3 Å². The molecule has 4 N–H and O–H groups in total. The van der Waals surface area contributed by atoms with Gasteiger partial charge in [0.05, 0.1) is 0 Å². The average Bonchev–Trinajstić information content (AvgIpc) is 2.68. The number of ether oxygens (including phenoxy) is 1. The molecule has 1 unspecified atom stereocenters. The molecule has 0 radical (unpaired) electrons. The minimum atomic E-state index is -1.58. The second kappa shape index (κ2) is 4.30. The van der Waals surface area contributed by atoms with Gasteiger partial charge in [0.15, 0.2) is 0 Å². The molecule has 0 saturated heterocycles. The van der Waals surface area contributed by atoms with Gasteiger partial charge in [0.25, 0.3) is 0 Å². The van der Waals surface area contributed by atoms with Crippen LogP contribution < -0.4 is 10.5 Å². The molecule has 0 saturated carbocycles. The van der Waals surface area contributed by atoms with E-state index in [0.29, 0.717) is 5.75 Å². The summed E-state index contributed by atoms with van der Waals surface area (Å²) in [4.78, 5) is 22.1. The first-order valence-corrected chi connectivity index (χ1v) is 5.43. The SMILES string of the molecule is NC(C[C@]1(C(=O)O)Cc2ccccc2O1)C(=O)O. The predicted octanol–water partition coefficient (Wildman–Crippen LogP) is 0.247. The quantitative estimate of drug-likeness (QED) is 0.707. The summed E-state index contributed by atoms with van der Waals surface area (Å²) in [6.07, 6.45) is -0.147. The van der Waals surface area contributed by atoms with Crippen LogP contribution in [0.15, 0.2) is 24.3 Å². The third-order valence-corrected chi connectivity index (χ3v) is 3.01. The van der Waals surface area contributed by atoms with Crippen molar-refractivity contribution in [2.45, 2.75) is 24.5 Å². The summed E-state index contributed by atoms with van der Waals surface area (Å²) in [6, 6.07) is 5.65. The Balaban J connectivity index is 2.28. The van der Waals surface area contributed by atoms with E-state index in [0.717, 1.165) is 5.56 Å². The van der Waals surface area contributed by atoms with Crippen molar-refractivity contribution in [1.29, 1.82) is 0 Å². The Morgan fingerprint density at radius 3 is 2.61 bits per heavy atom. The van der Waals surface area contributed by atoms with Crippen molar-refractivity contribution in [2.24, 2.45) is 5.73 Å². The second-order valence-electron chi connectivity index (χ2n) is 4.33. The lowest BCUT2D eigenvalue weighted by molar-refractivity contribution is -0.156. The molecule has 0 amide bonds. The first kappa shape index (κ1) is 12.4. The standard InChI is InChI=1S/C12H13NO5/c13-8(10(14)15)6-12(11(16)17)5-7-3-1-2-4-9(7)18-12/h1-4,8H,5-6,13H2,(H,14,15)(H,16,17)/t8?,12-/m0/s1. The number of hydrogen-bond acceptors (Lipinski definition) is 4. The normalized spacial score (nSPS) is 22.9. The van der Waals surface area contributed by atoms with Crippen molar-refractivity contribution in [3.8, 4) is 5.75 Å². The molecule has 6 nitrogen and oxygen atoms in total. The summed E-state index contributed by atoms with van der Waals surface area (Å²) in [5, 5.41) is 18.1. The number of carboxylic acids is 2. The van der Waals surface area contributed by atoms with Gasteiger partial charge in [-0.25, -0.2) is 4.79 Å². The number of hydrogen-bond donors (Lipinski definition) is 3. The Kier molecular flexibility index (Phi) is 2.96. The van der Waals surface area contributed by atoms with Gasteiger partial charge in [0.2, 0.25) is 5.60 Å². The molecule has 96 valence electrons. The smallest absolute Gasteiger partial charge is 0.348 e. The van der Waals surface area contributed by atoms with Crippen molar-refractivity contribution in [3.05, 3.63) is 29.8 Å². The van der Waals surface area contributed by atoms with E-state index in [1.807, 2.05) is 0 Å². The maximum atomic E-state index is 11.4. The Morgan fingerprint density at radius 1 is 1.39 bits per heavy atom. The Bertz CT molecular complexity index is 474. The maximum Gasteiger partial charge on any atom is 0.348 e. The second-order valence-corrected chi connectivity index (χ2v) is 4.33. The first-order valence-electron chi connectivity index (χ1n) is 5.43. The van der Waals surface area contributed by atoms with Crippen molar-refractivity contribution in [3.63, 3.8) is 0 Å². The molecule has 1 heterocycles. The van der Waals surface area contributed by atoms with Gasteiger partial charge in [-0.15, -0.1) is 0 Å². The van der Waals surface area contributed by atoms with Crippen LogP contribution in [0.25, 0.3) is 0 Å². The van der Waals surface area contributed by atoms with E-state index >= 15 is 0 Å². The number of para-hydroxylation sites is 1. The molecule has 0 fully saturated rings. The van der Waals surface area contributed by atoms with Crippen LogP contribution in [-0.4, -0.2) is 33.8 Å². The zero-order chi connectivity index (χ0) is 13.3. The van der Waals surface area contributed by atoms with E-state index in [-0.39, 0.29) is 12.8 Å². The molecule has 1 aliphatic heterocycles. The highest BCUT2D eigenvalue weighted by atomic mass is 16.5. The van der Waals surface area contributed by atoms with Crippen LogP contribution >= 0.6 is 0 Å². The highest BCUT2D eigenvalue weighted by molar-refractivity contribution is 5.82. The minimum absolute atomic E-state index is 0.124. The van der Waals surface area contributed by atoms with Crippen molar-refractivity contribution in [1.82, 2.24) is 0 Å². The summed E-state index contributed by atoms with van der Waals surface area (Å²) in [5.41, 5.74) is 4.58. The predicted molar refractivity (Wildman–Crippen MR) is 61.4 cm³/mol. The van der Waals surface area contributed by atoms with Crippen LogP contribution in [0, 0.1) is 0 Å². The summed E-state index contributed by atoms with van der Waals surface area (Å²) in [6.45, 7) is 0. The van der Waals surface area contributed by atoms with E-state index in [9.17, 15) is 14.7 Å². The molecule has 18 heavy (non-hydrogen) atoms. The zero-order valence-electron chi connectivity index (χ0n) is 9.50. The molecule has 0 bridgehead atoms. The molecule has 1 aromatic rings. The molecule has 6 heteroatoms. The average molecular weight is 251 g/mol. The minimum Gasteiger partial charge on any atom is -0.480 e. The molecule has 0 aromatic heterocycles. The Labute approximate surface area is 103 Å². The lowest BCUT2D eigenvalue weighted by Gasteiger charge is -2.25. The maximum absolute atomic E-state index is 11.4. The molecule has 0 spiro atoms. The van der Waals surface area contributed by atoms with E-state index in [2.05, 4.69) is 0 Å². The van der Waals surface area contributed by atoms with Gasteiger partial charge < -0.3 is 20.7 Å². The summed E-state index contributed by atoms with van der Waals surface area (Å²) >= 11 is 0. The number of carboxylic acid groups (broad SMARTS) is 2. The topological polar surface area (TPSA) is 110 Å². The highest BCUT2D eigenvalue weighted by Gasteiger charge is 2.48. The summed E-state index contributed by atoms with van der Waals surface area (Å²) in [7, 11) is 0.